The molecule has 0 saturated heterocycles. The van der Waals surface area contributed by atoms with Gasteiger partial charge in [-0.15, -0.1) is 0 Å². The SMILES string of the molecule is CCC1CCC(Nc2nc(N)ncc2Br)C1C. The van der Waals surface area contributed by atoms with Gasteiger partial charge in [0.05, 0.1) is 4.47 Å². The Bertz CT molecular complexity index is 396. The molecule has 5 heteroatoms. The van der Waals surface area contributed by atoms with E-state index < -0.39 is 0 Å². The summed E-state index contributed by atoms with van der Waals surface area (Å²) in [6, 6.07) is 0.491. The molecule has 4 nitrogen and oxygen atoms in total. The Morgan fingerprint density at radius 3 is 2.94 bits per heavy atom. The number of nitrogens with zero attached hydrogens (tertiary/aromatic N) is 2. The quantitative estimate of drug-likeness (QED) is 0.900. The van der Waals surface area contributed by atoms with Gasteiger partial charge < -0.3 is 11.1 Å². The van der Waals surface area contributed by atoms with Gasteiger partial charge in [-0.3, -0.25) is 0 Å². The minimum atomic E-state index is 0.313. The van der Waals surface area contributed by atoms with Gasteiger partial charge in [0.15, 0.2) is 0 Å². The molecule has 0 aromatic carbocycles. The number of hydrogen-bond donors (Lipinski definition) is 2. The molecule has 1 aromatic heterocycles. The molecule has 0 spiro atoms. The topological polar surface area (TPSA) is 63.8 Å². The summed E-state index contributed by atoms with van der Waals surface area (Å²) in [4.78, 5) is 8.17. The number of anilines is 2. The maximum atomic E-state index is 5.61. The van der Waals surface area contributed by atoms with E-state index in [-0.39, 0.29) is 0 Å². The highest BCUT2D eigenvalue weighted by Crippen LogP contribution is 2.36. The molecule has 0 radical (unpaired) electrons. The van der Waals surface area contributed by atoms with Crippen LogP contribution in [0.1, 0.15) is 33.1 Å². The fourth-order valence-electron chi connectivity index (χ4n) is 2.69. The maximum absolute atomic E-state index is 5.61. The van der Waals surface area contributed by atoms with Crippen molar-refractivity contribution >= 4 is 27.7 Å². The fourth-order valence-corrected chi connectivity index (χ4v) is 2.99. The first kappa shape index (κ1) is 12.6. The van der Waals surface area contributed by atoms with Gasteiger partial charge in [-0.25, -0.2) is 4.98 Å². The third kappa shape index (κ3) is 2.70. The van der Waals surface area contributed by atoms with Gasteiger partial charge in [0, 0.05) is 12.2 Å². The summed E-state index contributed by atoms with van der Waals surface area (Å²) in [6.07, 6.45) is 5.46. The van der Waals surface area contributed by atoms with Crippen molar-refractivity contribution < 1.29 is 0 Å². The van der Waals surface area contributed by atoms with Gasteiger partial charge in [0.1, 0.15) is 5.82 Å². The molecule has 3 atom stereocenters. The highest BCUT2D eigenvalue weighted by molar-refractivity contribution is 9.10. The predicted molar refractivity (Wildman–Crippen MR) is 73.7 cm³/mol. The van der Waals surface area contributed by atoms with Crippen LogP contribution in [0.2, 0.25) is 0 Å². The smallest absolute Gasteiger partial charge is 0.221 e. The summed E-state index contributed by atoms with van der Waals surface area (Å²) in [5, 5.41) is 3.49. The molecule has 0 amide bonds. The molecule has 1 aromatic rings. The summed E-state index contributed by atoms with van der Waals surface area (Å²) in [5.74, 6) is 2.63. The largest absolute Gasteiger partial charge is 0.368 e. The number of rotatable bonds is 3. The van der Waals surface area contributed by atoms with E-state index in [0.717, 1.165) is 16.2 Å². The van der Waals surface area contributed by atoms with Gasteiger partial charge in [-0.05, 0) is 40.6 Å². The van der Waals surface area contributed by atoms with E-state index in [0.29, 0.717) is 17.9 Å². The Morgan fingerprint density at radius 2 is 2.29 bits per heavy atom. The van der Waals surface area contributed by atoms with Crippen molar-refractivity contribution in [1.82, 2.24) is 9.97 Å². The van der Waals surface area contributed by atoms with E-state index in [1.54, 1.807) is 6.20 Å². The number of aromatic nitrogens is 2. The summed E-state index contributed by atoms with van der Waals surface area (Å²) >= 11 is 3.45. The molecule has 3 unspecified atom stereocenters. The van der Waals surface area contributed by atoms with Crippen molar-refractivity contribution in [2.24, 2.45) is 11.8 Å². The molecule has 1 heterocycles. The van der Waals surface area contributed by atoms with Crippen LogP contribution in [0.25, 0.3) is 0 Å². The molecule has 1 aliphatic carbocycles. The normalized spacial score (nSPS) is 28.3. The van der Waals surface area contributed by atoms with Crippen molar-refractivity contribution in [3.05, 3.63) is 10.7 Å². The highest BCUT2D eigenvalue weighted by Gasteiger charge is 2.31. The zero-order chi connectivity index (χ0) is 12.4. The second kappa shape index (κ2) is 5.21. The lowest BCUT2D eigenvalue weighted by Crippen LogP contribution is -2.25. The number of hydrogen-bond acceptors (Lipinski definition) is 4. The highest BCUT2D eigenvalue weighted by atomic mass is 79.9. The molecule has 1 saturated carbocycles. The molecule has 1 aliphatic rings. The number of nitrogens with one attached hydrogen (secondary N) is 1. The lowest BCUT2D eigenvalue weighted by molar-refractivity contribution is 0.391. The Morgan fingerprint density at radius 1 is 1.53 bits per heavy atom. The van der Waals surface area contributed by atoms with Gasteiger partial charge in [-0.2, -0.15) is 4.98 Å². The van der Waals surface area contributed by atoms with Crippen LogP contribution in [-0.2, 0) is 0 Å². The average Bonchev–Trinajstić information content (AvgIpc) is 2.65. The van der Waals surface area contributed by atoms with Crippen molar-refractivity contribution in [1.29, 1.82) is 0 Å². The van der Waals surface area contributed by atoms with E-state index in [2.05, 4.69) is 45.1 Å². The van der Waals surface area contributed by atoms with E-state index in [4.69, 9.17) is 5.73 Å². The molecular formula is C12H19BrN4. The van der Waals surface area contributed by atoms with E-state index >= 15 is 0 Å². The second-order valence-corrected chi connectivity index (χ2v) is 5.63. The molecular weight excluding hydrogens is 280 g/mol. The molecule has 2 rings (SSSR count). The Kier molecular flexibility index (Phi) is 3.86. The number of nitrogen functional groups attached to an aromatic ring is 1. The Balaban J connectivity index is 2.09. The van der Waals surface area contributed by atoms with E-state index in [1.165, 1.54) is 19.3 Å². The molecule has 1 fully saturated rings. The first-order chi connectivity index (χ1) is 8.11. The van der Waals surface area contributed by atoms with Gasteiger partial charge in [0.2, 0.25) is 5.95 Å². The molecule has 0 bridgehead atoms. The first-order valence-corrected chi connectivity index (χ1v) is 6.95. The summed E-state index contributed by atoms with van der Waals surface area (Å²) in [7, 11) is 0. The van der Waals surface area contributed by atoms with Gasteiger partial charge >= 0.3 is 0 Å². The van der Waals surface area contributed by atoms with Crippen LogP contribution in [0, 0.1) is 11.8 Å². The van der Waals surface area contributed by atoms with Crippen molar-refractivity contribution in [2.45, 2.75) is 39.2 Å². The minimum absolute atomic E-state index is 0.313. The van der Waals surface area contributed by atoms with Crippen molar-refractivity contribution in [3.8, 4) is 0 Å². The number of nitrogens with two attached hydrogens (primary N) is 1. The van der Waals surface area contributed by atoms with Crippen LogP contribution in [0.5, 0.6) is 0 Å². The summed E-state index contributed by atoms with van der Waals surface area (Å²) in [5.41, 5.74) is 5.61. The van der Waals surface area contributed by atoms with Crippen LogP contribution >= 0.6 is 15.9 Å². The number of halogens is 1. The van der Waals surface area contributed by atoms with Crippen LogP contribution in [0.4, 0.5) is 11.8 Å². The maximum Gasteiger partial charge on any atom is 0.221 e. The first-order valence-electron chi connectivity index (χ1n) is 6.16. The standard InChI is InChI=1S/C12H19BrN4/c1-3-8-4-5-10(7(8)2)16-11-9(13)6-15-12(14)17-11/h6-8,10H,3-5H2,1-2H3,(H3,14,15,16,17). The van der Waals surface area contributed by atoms with Gasteiger partial charge in [0.25, 0.3) is 0 Å². The van der Waals surface area contributed by atoms with Crippen LogP contribution in [-0.4, -0.2) is 16.0 Å². The van der Waals surface area contributed by atoms with Crippen molar-refractivity contribution in [3.63, 3.8) is 0 Å². The lowest BCUT2D eigenvalue weighted by atomic mass is 9.93. The lowest BCUT2D eigenvalue weighted by Gasteiger charge is -2.22. The molecule has 0 aliphatic heterocycles. The molecule has 94 valence electrons. The summed E-state index contributed by atoms with van der Waals surface area (Å²) in [6.45, 7) is 4.58. The Hall–Kier alpha value is -0.840. The predicted octanol–water partition coefficient (Wildman–Crippen LogP) is 3.06. The molecule has 17 heavy (non-hydrogen) atoms. The third-order valence-corrected chi connectivity index (χ3v) is 4.42. The Labute approximate surface area is 111 Å². The van der Waals surface area contributed by atoms with E-state index in [9.17, 15) is 0 Å². The minimum Gasteiger partial charge on any atom is -0.368 e. The van der Waals surface area contributed by atoms with Crippen LogP contribution in [0.15, 0.2) is 10.7 Å². The van der Waals surface area contributed by atoms with Gasteiger partial charge in [-0.1, -0.05) is 20.3 Å². The third-order valence-electron chi connectivity index (χ3n) is 3.84. The zero-order valence-electron chi connectivity index (χ0n) is 10.3. The van der Waals surface area contributed by atoms with E-state index in [1.807, 2.05) is 0 Å². The van der Waals surface area contributed by atoms with Crippen LogP contribution in [0.3, 0.4) is 0 Å². The summed E-state index contributed by atoms with van der Waals surface area (Å²) < 4.78 is 0.874. The second-order valence-electron chi connectivity index (χ2n) is 4.78. The zero-order valence-corrected chi connectivity index (χ0v) is 11.9. The fraction of sp³-hybridized carbons (Fsp3) is 0.667. The van der Waals surface area contributed by atoms with Crippen molar-refractivity contribution in [2.75, 3.05) is 11.1 Å². The average molecular weight is 299 g/mol. The van der Waals surface area contributed by atoms with Crippen LogP contribution < -0.4 is 11.1 Å². The monoisotopic (exact) mass is 298 g/mol. The molecule has 3 N–H and O–H groups in total.